The van der Waals surface area contributed by atoms with Crippen molar-refractivity contribution in [3.63, 3.8) is 0 Å². The maximum Gasteiger partial charge on any atom is 0.416 e. The first kappa shape index (κ1) is 18.9. The summed E-state index contributed by atoms with van der Waals surface area (Å²) in [6.07, 6.45) is -2.15. The minimum atomic E-state index is -4.41. The van der Waals surface area contributed by atoms with Crippen molar-refractivity contribution in [2.75, 3.05) is 13.1 Å². The van der Waals surface area contributed by atoms with Crippen LogP contribution in [-0.4, -0.2) is 24.9 Å². The number of halogens is 3. The Labute approximate surface area is 154 Å². The molecule has 1 fully saturated rings. The number of benzene rings is 2. The minimum Gasteiger partial charge on any atom is -0.354 e. The lowest BCUT2D eigenvalue weighted by molar-refractivity contribution is -0.137. The van der Waals surface area contributed by atoms with Gasteiger partial charge in [0.1, 0.15) is 0 Å². The van der Waals surface area contributed by atoms with Crippen molar-refractivity contribution in [3.8, 4) is 11.1 Å². The highest BCUT2D eigenvalue weighted by Crippen LogP contribution is 2.32. The van der Waals surface area contributed by atoms with Gasteiger partial charge in [0.2, 0.25) is 5.91 Å². The number of carbonyl (C=O) groups excluding carboxylic acids is 2. The van der Waals surface area contributed by atoms with E-state index in [-0.39, 0.29) is 12.5 Å². The Kier molecular flexibility index (Phi) is 5.48. The first-order valence-electron chi connectivity index (χ1n) is 8.65. The molecule has 0 aromatic heterocycles. The lowest BCUT2D eigenvalue weighted by atomic mass is 10.0. The van der Waals surface area contributed by atoms with Crippen molar-refractivity contribution in [3.05, 3.63) is 59.7 Å². The molecule has 142 valence electrons. The van der Waals surface area contributed by atoms with Crippen molar-refractivity contribution in [1.29, 1.82) is 0 Å². The minimum absolute atomic E-state index is 0.110. The fourth-order valence-corrected chi connectivity index (χ4v) is 2.59. The SMILES string of the molecule is O=C(CNC(=O)c1ccc(-c2cccc(C(F)(F)F)c2)cc1)NCC1CC1. The number of nitrogens with one attached hydrogen (secondary N) is 2. The Bertz CT molecular complexity index is 828. The average Bonchev–Trinajstić information content (AvgIpc) is 3.48. The van der Waals surface area contributed by atoms with E-state index >= 15 is 0 Å². The zero-order valence-corrected chi connectivity index (χ0v) is 14.5. The maximum absolute atomic E-state index is 12.8. The molecule has 3 rings (SSSR count). The highest BCUT2D eigenvalue weighted by molar-refractivity contribution is 5.96. The van der Waals surface area contributed by atoms with Crippen molar-refractivity contribution >= 4 is 11.8 Å². The lowest BCUT2D eigenvalue weighted by Gasteiger charge is -2.10. The maximum atomic E-state index is 12.8. The summed E-state index contributed by atoms with van der Waals surface area (Å²) >= 11 is 0. The number of hydrogen-bond donors (Lipinski definition) is 2. The lowest BCUT2D eigenvalue weighted by Crippen LogP contribution is -2.37. The largest absolute Gasteiger partial charge is 0.416 e. The number of rotatable bonds is 6. The van der Waals surface area contributed by atoms with Crippen LogP contribution < -0.4 is 10.6 Å². The van der Waals surface area contributed by atoms with Gasteiger partial charge in [0.15, 0.2) is 0 Å². The van der Waals surface area contributed by atoms with Gasteiger partial charge in [0.25, 0.3) is 5.91 Å². The van der Waals surface area contributed by atoms with Gasteiger partial charge < -0.3 is 10.6 Å². The molecule has 27 heavy (non-hydrogen) atoms. The van der Waals surface area contributed by atoms with Crippen molar-refractivity contribution in [2.45, 2.75) is 19.0 Å². The van der Waals surface area contributed by atoms with E-state index in [9.17, 15) is 22.8 Å². The first-order chi connectivity index (χ1) is 12.8. The van der Waals surface area contributed by atoms with Crippen molar-refractivity contribution in [2.24, 2.45) is 5.92 Å². The van der Waals surface area contributed by atoms with Gasteiger partial charge in [0, 0.05) is 12.1 Å². The molecule has 7 heteroatoms. The van der Waals surface area contributed by atoms with Crippen LogP contribution in [0, 0.1) is 5.92 Å². The summed E-state index contributed by atoms with van der Waals surface area (Å²) in [7, 11) is 0. The third-order valence-corrected chi connectivity index (χ3v) is 4.36. The van der Waals surface area contributed by atoms with Crippen LogP contribution in [0.15, 0.2) is 48.5 Å². The van der Waals surface area contributed by atoms with Crippen LogP contribution in [0.4, 0.5) is 13.2 Å². The highest BCUT2D eigenvalue weighted by atomic mass is 19.4. The molecule has 0 saturated heterocycles. The van der Waals surface area contributed by atoms with Crippen molar-refractivity contribution in [1.82, 2.24) is 10.6 Å². The normalized spacial score (nSPS) is 13.9. The fraction of sp³-hybridized carbons (Fsp3) is 0.300. The molecular weight excluding hydrogens is 357 g/mol. The summed E-state index contributed by atoms with van der Waals surface area (Å²) in [6, 6.07) is 11.2. The third-order valence-electron chi connectivity index (χ3n) is 4.36. The van der Waals surface area contributed by atoms with E-state index in [1.54, 1.807) is 18.2 Å². The Balaban J connectivity index is 1.59. The standard InChI is InChI=1S/C20H19F3N2O2/c21-20(22,23)17-3-1-2-16(10-17)14-6-8-15(9-7-14)19(27)25-12-18(26)24-11-13-4-5-13/h1-3,6-10,13H,4-5,11-12H2,(H,24,26)(H,25,27). The van der Waals surface area contributed by atoms with E-state index in [1.807, 2.05) is 0 Å². The van der Waals surface area contributed by atoms with Crippen LogP contribution in [0.2, 0.25) is 0 Å². The number of alkyl halides is 3. The third kappa shape index (κ3) is 5.32. The zero-order chi connectivity index (χ0) is 19.4. The van der Waals surface area contributed by atoms with Crippen LogP contribution in [-0.2, 0) is 11.0 Å². The molecule has 0 atom stereocenters. The van der Waals surface area contributed by atoms with Gasteiger partial charge in [0.05, 0.1) is 12.1 Å². The van der Waals surface area contributed by atoms with Gasteiger partial charge in [-0.3, -0.25) is 9.59 Å². The summed E-state index contributed by atoms with van der Waals surface area (Å²) in [5.74, 6) is -0.0870. The monoisotopic (exact) mass is 376 g/mol. The van der Waals surface area contributed by atoms with Gasteiger partial charge in [-0.05, 0) is 54.2 Å². The Morgan fingerprint density at radius 3 is 2.30 bits per heavy atom. The molecule has 1 aliphatic rings. The highest BCUT2D eigenvalue weighted by Gasteiger charge is 2.30. The first-order valence-corrected chi connectivity index (χ1v) is 8.65. The predicted molar refractivity (Wildman–Crippen MR) is 94.9 cm³/mol. The zero-order valence-electron chi connectivity index (χ0n) is 14.5. The van der Waals surface area contributed by atoms with Crippen LogP contribution in [0.25, 0.3) is 11.1 Å². The van der Waals surface area contributed by atoms with E-state index in [1.165, 1.54) is 18.2 Å². The molecule has 2 N–H and O–H groups in total. The molecule has 2 amide bonds. The number of hydrogen-bond acceptors (Lipinski definition) is 2. The molecule has 4 nitrogen and oxygen atoms in total. The predicted octanol–water partition coefficient (Wildman–Crippen LogP) is 3.63. The van der Waals surface area contributed by atoms with Crippen molar-refractivity contribution < 1.29 is 22.8 Å². The number of carbonyl (C=O) groups is 2. The molecule has 0 unspecified atom stereocenters. The Morgan fingerprint density at radius 2 is 1.67 bits per heavy atom. The van der Waals surface area contributed by atoms with Gasteiger partial charge in [-0.25, -0.2) is 0 Å². The van der Waals surface area contributed by atoms with Crippen LogP contribution in [0.5, 0.6) is 0 Å². The molecule has 0 aliphatic heterocycles. The second-order valence-electron chi connectivity index (χ2n) is 6.59. The molecule has 2 aromatic rings. The van der Waals surface area contributed by atoms with E-state index in [4.69, 9.17) is 0 Å². The van der Waals surface area contributed by atoms with Gasteiger partial charge in [-0.1, -0.05) is 24.3 Å². The second kappa shape index (κ2) is 7.82. The van der Waals surface area contributed by atoms with Crippen LogP contribution in [0.1, 0.15) is 28.8 Å². The molecule has 1 aliphatic carbocycles. The van der Waals surface area contributed by atoms with E-state index in [0.717, 1.165) is 25.0 Å². The summed E-state index contributed by atoms with van der Waals surface area (Å²) in [5, 5.41) is 5.29. The molecule has 0 spiro atoms. The van der Waals surface area contributed by atoms with E-state index < -0.39 is 17.6 Å². The quantitative estimate of drug-likeness (QED) is 0.809. The summed E-state index contributed by atoms with van der Waals surface area (Å²) in [5.41, 5.74) is 0.593. The average molecular weight is 376 g/mol. The second-order valence-corrected chi connectivity index (χ2v) is 6.59. The number of amides is 2. The van der Waals surface area contributed by atoms with Crippen LogP contribution >= 0.6 is 0 Å². The molecule has 0 heterocycles. The van der Waals surface area contributed by atoms with E-state index in [0.29, 0.717) is 29.2 Å². The van der Waals surface area contributed by atoms with Crippen LogP contribution in [0.3, 0.4) is 0 Å². The van der Waals surface area contributed by atoms with Gasteiger partial charge >= 0.3 is 6.18 Å². The fourth-order valence-electron chi connectivity index (χ4n) is 2.59. The van der Waals surface area contributed by atoms with Gasteiger partial charge in [-0.2, -0.15) is 13.2 Å². The smallest absolute Gasteiger partial charge is 0.354 e. The summed E-state index contributed by atoms with van der Waals surface area (Å²) < 4.78 is 38.5. The van der Waals surface area contributed by atoms with Gasteiger partial charge in [-0.15, -0.1) is 0 Å². The molecule has 2 aromatic carbocycles. The Hall–Kier alpha value is -2.83. The molecule has 1 saturated carbocycles. The molecular formula is C20H19F3N2O2. The summed E-state index contributed by atoms with van der Waals surface area (Å²) in [6.45, 7) is 0.529. The topological polar surface area (TPSA) is 58.2 Å². The molecule has 0 bridgehead atoms. The molecule has 0 radical (unpaired) electrons. The van der Waals surface area contributed by atoms with E-state index in [2.05, 4.69) is 10.6 Å². The Morgan fingerprint density at radius 1 is 0.963 bits per heavy atom. The summed E-state index contributed by atoms with van der Waals surface area (Å²) in [4.78, 5) is 23.7.